The second kappa shape index (κ2) is 8.81. The molecule has 0 saturated carbocycles. The Balaban J connectivity index is 2.39. The summed E-state index contributed by atoms with van der Waals surface area (Å²) < 4.78 is 0. The standard InChI is InChI=1S/C16H22N2O4/c1-11-7-8-14(13(10-11)16(21)22)18-15(20)6-4-3-5-9-17-12(2)19/h7-8,10H,3-6,9H2,1-2H3,(H,17,19)(H,18,20)(H,21,22). The van der Waals surface area contributed by atoms with Gasteiger partial charge in [0.2, 0.25) is 11.8 Å². The van der Waals surface area contributed by atoms with Crippen LogP contribution in [-0.2, 0) is 9.59 Å². The highest BCUT2D eigenvalue weighted by atomic mass is 16.4. The highest BCUT2D eigenvalue weighted by Gasteiger charge is 2.12. The van der Waals surface area contributed by atoms with Gasteiger partial charge in [-0.05, 0) is 31.9 Å². The van der Waals surface area contributed by atoms with E-state index in [1.807, 2.05) is 0 Å². The molecular weight excluding hydrogens is 284 g/mol. The average Bonchev–Trinajstić information content (AvgIpc) is 2.44. The molecule has 22 heavy (non-hydrogen) atoms. The molecule has 1 aromatic carbocycles. The third-order valence-corrected chi connectivity index (χ3v) is 3.13. The Labute approximate surface area is 129 Å². The lowest BCUT2D eigenvalue weighted by Gasteiger charge is -2.09. The first kappa shape index (κ1) is 17.7. The van der Waals surface area contributed by atoms with E-state index in [2.05, 4.69) is 10.6 Å². The van der Waals surface area contributed by atoms with E-state index in [0.29, 0.717) is 25.1 Å². The Bertz CT molecular complexity index is 555. The van der Waals surface area contributed by atoms with Crippen LogP contribution in [0.15, 0.2) is 18.2 Å². The molecule has 1 rings (SSSR count). The fraction of sp³-hybridized carbons (Fsp3) is 0.438. The van der Waals surface area contributed by atoms with Gasteiger partial charge < -0.3 is 15.7 Å². The van der Waals surface area contributed by atoms with Gasteiger partial charge in [-0.15, -0.1) is 0 Å². The maximum Gasteiger partial charge on any atom is 0.337 e. The van der Waals surface area contributed by atoms with Crippen LogP contribution in [0.2, 0.25) is 0 Å². The van der Waals surface area contributed by atoms with Crippen molar-refractivity contribution in [3.63, 3.8) is 0 Å². The van der Waals surface area contributed by atoms with Crippen molar-refractivity contribution < 1.29 is 19.5 Å². The van der Waals surface area contributed by atoms with E-state index in [1.165, 1.54) is 13.0 Å². The zero-order valence-corrected chi connectivity index (χ0v) is 12.9. The second-order valence-electron chi connectivity index (χ2n) is 5.20. The van der Waals surface area contributed by atoms with Crippen LogP contribution in [0.25, 0.3) is 0 Å². The molecule has 0 aliphatic heterocycles. The van der Waals surface area contributed by atoms with Crippen LogP contribution in [0.4, 0.5) is 5.69 Å². The maximum atomic E-state index is 11.8. The Kier molecular flexibility index (Phi) is 7.08. The quantitative estimate of drug-likeness (QED) is 0.642. The lowest BCUT2D eigenvalue weighted by atomic mass is 10.1. The van der Waals surface area contributed by atoms with Crippen molar-refractivity contribution in [2.75, 3.05) is 11.9 Å². The van der Waals surface area contributed by atoms with Crippen molar-refractivity contribution in [1.29, 1.82) is 0 Å². The molecule has 0 atom stereocenters. The number of aryl methyl sites for hydroxylation is 1. The van der Waals surface area contributed by atoms with Crippen LogP contribution in [0.3, 0.4) is 0 Å². The summed E-state index contributed by atoms with van der Waals surface area (Å²) in [4.78, 5) is 33.7. The van der Waals surface area contributed by atoms with Crippen LogP contribution in [0.5, 0.6) is 0 Å². The molecule has 2 amide bonds. The molecule has 0 aromatic heterocycles. The fourth-order valence-corrected chi connectivity index (χ4v) is 2.01. The van der Waals surface area contributed by atoms with Crippen LogP contribution in [-0.4, -0.2) is 29.4 Å². The summed E-state index contributed by atoms with van der Waals surface area (Å²) in [6.45, 7) is 3.88. The van der Waals surface area contributed by atoms with E-state index in [0.717, 1.165) is 18.4 Å². The van der Waals surface area contributed by atoms with Gasteiger partial charge in [0.25, 0.3) is 0 Å². The summed E-state index contributed by atoms with van der Waals surface area (Å²) in [5.74, 6) is -1.32. The van der Waals surface area contributed by atoms with E-state index in [-0.39, 0.29) is 17.4 Å². The van der Waals surface area contributed by atoms with Crippen LogP contribution < -0.4 is 10.6 Å². The van der Waals surface area contributed by atoms with Gasteiger partial charge in [0.1, 0.15) is 0 Å². The smallest absolute Gasteiger partial charge is 0.337 e. The number of unbranched alkanes of at least 4 members (excludes halogenated alkanes) is 2. The third kappa shape index (κ3) is 6.39. The highest BCUT2D eigenvalue weighted by Crippen LogP contribution is 2.18. The molecule has 0 spiro atoms. The number of carboxylic acids is 1. The van der Waals surface area contributed by atoms with Gasteiger partial charge >= 0.3 is 5.97 Å². The number of rotatable bonds is 8. The molecule has 6 heteroatoms. The van der Waals surface area contributed by atoms with Crippen LogP contribution in [0, 0.1) is 6.92 Å². The Morgan fingerprint density at radius 1 is 1.14 bits per heavy atom. The fourth-order valence-electron chi connectivity index (χ4n) is 2.01. The Morgan fingerprint density at radius 3 is 2.50 bits per heavy atom. The number of benzene rings is 1. The molecule has 3 N–H and O–H groups in total. The first-order valence-corrected chi connectivity index (χ1v) is 7.28. The van der Waals surface area contributed by atoms with Crippen molar-refractivity contribution >= 4 is 23.5 Å². The number of carbonyl (C=O) groups excluding carboxylic acids is 2. The SMILES string of the molecule is CC(=O)NCCCCCC(=O)Nc1ccc(C)cc1C(=O)O. The number of anilines is 1. The zero-order valence-electron chi connectivity index (χ0n) is 12.9. The van der Waals surface area contributed by atoms with Gasteiger partial charge in [-0.1, -0.05) is 18.1 Å². The number of hydrogen-bond acceptors (Lipinski definition) is 3. The monoisotopic (exact) mass is 306 g/mol. The molecule has 0 saturated heterocycles. The topological polar surface area (TPSA) is 95.5 Å². The largest absolute Gasteiger partial charge is 0.478 e. The van der Waals surface area contributed by atoms with Crippen molar-refractivity contribution in [3.05, 3.63) is 29.3 Å². The number of nitrogens with one attached hydrogen (secondary N) is 2. The molecular formula is C16H22N2O4. The van der Waals surface area contributed by atoms with E-state index >= 15 is 0 Å². The van der Waals surface area contributed by atoms with Gasteiger partial charge in [-0.25, -0.2) is 4.79 Å². The Hall–Kier alpha value is -2.37. The summed E-state index contributed by atoms with van der Waals surface area (Å²) >= 11 is 0. The van der Waals surface area contributed by atoms with Crippen LogP contribution >= 0.6 is 0 Å². The number of carboxylic acid groups (broad SMARTS) is 1. The normalized spacial score (nSPS) is 10.1. The van der Waals surface area contributed by atoms with Gasteiger partial charge in [0.05, 0.1) is 11.3 Å². The first-order chi connectivity index (χ1) is 10.4. The van der Waals surface area contributed by atoms with E-state index < -0.39 is 5.97 Å². The summed E-state index contributed by atoms with van der Waals surface area (Å²) in [7, 11) is 0. The minimum atomic E-state index is -1.06. The molecule has 120 valence electrons. The minimum Gasteiger partial charge on any atom is -0.478 e. The molecule has 0 aliphatic carbocycles. The molecule has 1 aromatic rings. The lowest BCUT2D eigenvalue weighted by Crippen LogP contribution is -2.20. The van der Waals surface area contributed by atoms with Gasteiger partial charge in [0.15, 0.2) is 0 Å². The van der Waals surface area contributed by atoms with E-state index in [1.54, 1.807) is 19.1 Å². The number of carbonyl (C=O) groups is 3. The molecule has 0 radical (unpaired) electrons. The van der Waals surface area contributed by atoms with Crippen molar-refractivity contribution in [1.82, 2.24) is 5.32 Å². The molecule has 0 bridgehead atoms. The second-order valence-corrected chi connectivity index (χ2v) is 5.20. The van der Waals surface area contributed by atoms with Gasteiger partial charge in [0, 0.05) is 19.9 Å². The van der Waals surface area contributed by atoms with Crippen LogP contribution in [0.1, 0.15) is 48.5 Å². The van der Waals surface area contributed by atoms with Crippen molar-refractivity contribution in [3.8, 4) is 0 Å². The molecule has 0 aliphatic rings. The first-order valence-electron chi connectivity index (χ1n) is 7.28. The summed E-state index contributed by atoms with van der Waals surface area (Å²) in [6.07, 6.45) is 2.66. The van der Waals surface area contributed by atoms with Crippen molar-refractivity contribution in [2.24, 2.45) is 0 Å². The van der Waals surface area contributed by atoms with E-state index in [9.17, 15) is 14.4 Å². The average molecular weight is 306 g/mol. The lowest BCUT2D eigenvalue weighted by molar-refractivity contribution is -0.119. The zero-order chi connectivity index (χ0) is 16.5. The third-order valence-electron chi connectivity index (χ3n) is 3.13. The van der Waals surface area contributed by atoms with Gasteiger partial charge in [-0.3, -0.25) is 9.59 Å². The number of amides is 2. The molecule has 0 heterocycles. The molecule has 0 fully saturated rings. The predicted octanol–water partition coefficient (Wildman–Crippen LogP) is 2.33. The predicted molar refractivity (Wildman–Crippen MR) is 83.9 cm³/mol. The Morgan fingerprint density at radius 2 is 1.86 bits per heavy atom. The number of aromatic carboxylic acids is 1. The minimum absolute atomic E-state index is 0.0571. The summed E-state index contributed by atoms with van der Waals surface area (Å²) in [5, 5.41) is 14.5. The maximum absolute atomic E-state index is 11.8. The highest BCUT2D eigenvalue weighted by molar-refractivity contribution is 6.00. The summed E-state index contributed by atoms with van der Waals surface area (Å²) in [5.41, 5.74) is 1.24. The van der Waals surface area contributed by atoms with Crippen molar-refractivity contribution in [2.45, 2.75) is 39.5 Å². The summed E-state index contributed by atoms with van der Waals surface area (Å²) in [6, 6.07) is 4.90. The number of hydrogen-bond donors (Lipinski definition) is 3. The molecule has 0 unspecified atom stereocenters. The van der Waals surface area contributed by atoms with E-state index in [4.69, 9.17) is 5.11 Å². The molecule has 6 nitrogen and oxygen atoms in total. The van der Waals surface area contributed by atoms with Gasteiger partial charge in [-0.2, -0.15) is 0 Å².